The minimum absolute atomic E-state index is 0.0361. The summed E-state index contributed by atoms with van der Waals surface area (Å²) in [6.45, 7) is 1.29. The molecule has 1 aliphatic carbocycles. The normalized spacial score (nSPS) is 20.9. The summed E-state index contributed by atoms with van der Waals surface area (Å²) in [4.78, 5) is 31.3. The monoisotopic (exact) mass is 477 g/mol. The second-order valence-corrected chi connectivity index (χ2v) is 9.46. The Morgan fingerprint density at radius 3 is 2.85 bits per heavy atom. The van der Waals surface area contributed by atoms with Crippen LogP contribution in [0.4, 0.5) is 10.5 Å². The van der Waals surface area contributed by atoms with Gasteiger partial charge in [0.1, 0.15) is 5.82 Å². The molecule has 3 aromatic rings. The molecule has 2 aliphatic rings. The van der Waals surface area contributed by atoms with Crippen LogP contribution in [0.5, 0.6) is 0 Å². The van der Waals surface area contributed by atoms with Crippen molar-refractivity contribution in [3.05, 3.63) is 58.9 Å². The molecule has 0 unspecified atom stereocenters. The van der Waals surface area contributed by atoms with Crippen molar-refractivity contribution in [2.24, 2.45) is 5.92 Å². The van der Waals surface area contributed by atoms with Gasteiger partial charge in [-0.1, -0.05) is 29.8 Å². The van der Waals surface area contributed by atoms with Crippen molar-refractivity contribution < 1.29 is 14.7 Å². The van der Waals surface area contributed by atoms with Crippen LogP contribution in [0.15, 0.2) is 42.5 Å². The summed E-state index contributed by atoms with van der Waals surface area (Å²) in [5.41, 5.74) is 2.96. The molecule has 2 amide bonds. The number of hydrogen-bond acceptors (Lipinski definition) is 4. The van der Waals surface area contributed by atoms with Crippen molar-refractivity contribution in [2.75, 3.05) is 11.4 Å². The number of nitrogens with zero attached hydrogens (tertiary/aromatic N) is 4. The Morgan fingerprint density at radius 1 is 1.29 bits per heavy atom. The van der Waals surface area contributed by atoms with Crippen LogP contribution in [0.3, 0.4) is 0 Å². The zero-order valence-electron chi connectivity index (χ0n) is 18.5. The maximum atomic E-state index is 13.8. The van der Waals surface area contributed by atoms with E-state index in [0.29, 0.717) is 50.3 Å². The number of nitrogens with one attached hydrogen (secondary N) is 1. The number of carboxylic acid groups (broad SMARTS) is 1. The van der Waals surface area contributed by atoms with Gasteiger partial charge in [-0.05, 0) is 55.0 Å². The number of carbonyl (C=O) groups excluding carboxylic acids is 1. The van der Waals surface area contributed by atoms with E-state index in [1.54, 1.807) is 4.90 Å². The highest BCUT2D eigenvalue weighted by Crippen LogP contribution is 2.56. The molecule has 1 aliphatic heterocycles. The third-order valence-electron chi connectivity index (χ3n) is 6.94. The van der Waals surface area contributed by atoms with Crippen molar-refractivity contribution in [1.82, 2.24) is 14.9 Å². The van der Waals surface area contributed by atoms with E-state index >= 15 is 0 Å². The first-order valence-corrected chi connectivity index (χ1v) is 11.7. The molecule has 1 saturated carbocycles. The van der Waals surface area contributed by atoms with Crippen LogP contribution in [0.2, 0.25) is 5.02 Å². The molecule has 0 atom stereocenters. The lowest BCUT2D eigenvalue weighted by Crippen LogP contribution is -2.52. The summed E-state index contributed by atoms with van der Waals surface area (Å²) in [6, 6.07) is 15.6. The quantitative estimate of drug-likeness (QED) is 0.488. The van der Waals surface area contributed by atoms with Gasteiger partial charge < -0.3 is 19.9 Å². The second-order valence-electron chi connectivity index (χ2n) is 9.03. The smallest absolute Gasteiger partial charge is 0.404 e. The van der Waals surface area contributed by atoms with Gasteiger partial charge in [0, 0.05) is 30.2 Å². The summed E-state index contributed by atoms with van der Waals surface area (Å²) in [5.74, 6) is 0.915. The molecule has 8 nitrogen and oxygen atoms in total. The highest BCUT2D eigenvalue weighted by atomic mass is 35.5. The van der Waals surface area contributed by atoms with Gasteiger partial charge in [0.15, 0.2) is 0 Å². The fraction of sp³-hybridized carbons (Fsp3) is 0.360. The summed E-state index contributed by atoms with van der Waals surface area (Å²) in [5, 5.41) is 20.9. The van der Waals surface area contributed by atoms with Gasteiger partial charge in [-0.25, -0.2) is 9.78 Å². The summed E-state index contributed by atoms with van der Waals surface area (Å²) >= 11 is 6.19. The van der Waals surface area contributed by atoms with Crippen LogP contribution < -0.4 is 10.2 Å². The highest BCUT2D eigenvalue weighted by Gasteiger charge is 2.58. The van der Waals surface area contributed by atoms with Crippen LogP contribution in [-0.2, 0) is 23.3 Å². The van der Waals surface area contributed by atoms with Crippen LogP contribution in [-0.4, -0.2) is 33.2 Å². The minimum Gasteiger partial charge on any atom is -0.465 e. The number of para-hydroxylation sites is 1. The number of hydrogen-bond donors (Lipinski definition) is 2. The van der Waals surface area contributed by atoms with Gasteiger partial charge in [0.25, 0.3) is 0 Å². The third-order valence-corrected chi connectivity index (χ3v) is 7.18. The van der Waals surface area contributed by atoms with E-state index in [1.165, 1.54) is 0 Å². The average Bonchev–Trinajstić information content (AvgIpc) is 3.24. The maximum Gasteiger partial charge on any atom is 0.404 e. The van der Waals surface area contributed by atoms with Crippen LogP contribution in [0.1, 0.15) is 37.1 Å². The number of benzene rings is 2. The molecule has 1 aromatic heterocycles. The Bertz CT molecular complexity index is 1320. The Hall–Kier alpha value is -3.57. The number of carbonyl (C=O) groups is 2. The maximum absolute atomic E-state index is 13.8. The SMILES string of the molecule is N#CCCCn1c(CN2C(=O)C3(CC(CNC(=O)O)C3)c3ccccc32)nc2cc(Cl)ccc21. The zero-order chi connectivity index (χ0) is 23.9. The van der Waals surface area contributed by atoms with Gasteiger partial charge in [-0.2, -0.15) is 5.26 Å². The van der Waals surface area contributed by atoms with Gasteiger partial charge in [0.05, 0.1) is 29.1 Å². The molecule has 5 rings (SSSR count). The number of nitriles is 1. The number of aromatic nitrogens is 2. The fourth-order valence-corrected chi connectivity index (χ4v) is 5.60. The van der Waals surface area contributed by atoms with Crippen molar-refractivity contribution >= 4 is 40.3 Å². The lowest BCUT2D eigenvalue weighted by molar-refractivity contribution is -0.128. The lowest BCUT2D eigenvalue weighted by atomic mass is 9.59. The highest BCUT2D eigenvalue weighted by molar-refractivity contribution is 6.31. The molecule has 9 heteroatoms. The first kappa shape index (κ1) is 22.2. The van der Waals surface area contributed by atoms with E-state index in [2.05, 4.69) is 16.0 Å². The predicted octanol–water partition coefficient (Wildman–Crippen LogP) is 4.46. The second kappa shape index (κ2) is 8.65. The molecule has 1 spiro atoms. The number of amides is 2. The number of imidazole rings is 1. The molecular weight excluding hydrogens is 454 g/mol. The molecule has 2 N–H and O–H groups in total. The number of aryl methyl sites for hydroxylation is 1. The molecular formula is C25H24ClN5O3. The Balaban J connectivity index is 1.46. The van der Waals surface area contributed by atoms with E-state index in [-0.39, 0.29) is 11.8 Å². The van der Waals surface area contributed by atoms with E-state index in [9.17, 15) is 9.59 Å². The number of halogens is 1. The molecule has 34 heavy (non-hydrogen) atoms. The van der Waals surface area contributed by atoms with E-state index in [0.717, 1.165) is 28.1 Å². The standard InChI is InChI=1S/C25H24ClN5O3/c26-17-7-8-21-19(11-17)29-22(30(21)10-4-3-9-27)15-31-20-6-2-1-5-18(20)25(23(31)32)12-16(13-25)14-28-24(33)34/h1-2,5-8,11,16,28H,3-4,10,12-15H2,(H,33,34). The van der Waals surface area contributed by atoms with Crippen molar-refractivity contribution in [3.63, 3.8) is 0 Å². The van der Waals surface area contributed by atoms with Gasteiger partial charge in [-0.15, -0.1) is 0 Å². The molecule has 1 fully saturated rings. The fourth-order valence-electron chi connectivity index (χ4n) is 5.43. The Labute approximate surface area is 201 Å². The third kappa shape index (κ3) is 3.66. The largest absolute Gasteiger partial charge is 0.465 e. The lowest BCUT2D eigenvalue weighted by Gasteiger charge is -2.44. The van der Waals surface area contributed by atoms with Crippen LogP contribution >= 0.6 is 11.6 Å². The first-order valence-electron chi connectivity index (χ1n) is 11.3. The minimum atomic E-state index is -1.05. The van der Waals surface area contributed by atoms with E-state index < -0.39 is 11.5 Å². The van der Waals surface area contributed by atoms with Gasteiger partial charge >= 0.3 is 6.09 Å². The first-order chi connectivity index (χ1) is 16.4. The Morgan fingerprint density at radius 2 is 2.09 bits per heavy atom. The molecule has 174 valence electrons. The number of unbranched alkanes of at least 4 members (excludes halogenated alkanes) is 1. The van der Waals surface area contributed by atoms with Crippen LogP contribution in [0, 0.1) is 17.2 Å². The summed E-state index contributed by atoms with van der Waals surface area (Å²) in [6.07, 6.45) is 1.31. The average molecular weight is 478 g/mol. The molecule has 0 saturated heterocycles. The summed E-state index contributed by atoms with van der Waals surface area (Å²) < 4.78 is 2.07. The number of rotatable bonds is 7. The van der Waals surface area contributed by atoms with Gasteiger partial charge in [0.2, 0.25) is 5.91 Å². The van der Waals surface area contributed by atoms with E-state index in [1.807, 2.05) is 42.5 Å². The van der Waals surface area contributed by atoms with Gasteiger partial charge in [-0.3, -0.25) is 4.79 Å². The Kier molecular flexibility index (Phi) is 5.66. The molecule has 0 radical (unpaired) electrons. The molecule has 2 aromatic carbocycles. The molecule has 2 heterocycles. The predicted molar refractivity (Wildman–Crippen MR) is 128 cm³/mol. The number of fused-ring (bicyclic) bond motifs is 3. The van der Waals surface area contributed by atoms with Crippen molar-refractivity contribution in [2.45, 2.75) is 44.2 Å². The van der Waals surface area contributed by atoms with Crippen molar-refractivity contribution in [3.8, 4) is 6.07 Å². The molecule has 0 bridgehead atoms. The van der Waals surface area contributed by atoms with Crippen LogP contribution in [0.25, 0.3) is 11.0 Å². The zero-order valence-corrected chi connectivity index (χ0v) is 19.3. The topological polar surface area (TPSA) is 111 Å². The van der Waals surface area contributed by atoms with E-state index in [4.69, 9.17) is 27.0 Å². The van der Waals surface area contributed by atoms with Crippen molar-refractivity contribution in [1.29, 1.82) is 5.26 Å². The number of anilines is 1. The summed E-state index contributed by atoms with van der Waals surface area (Å²) in [7, 11) is 0.